The second-order valence-corrected chi connectivity index (χ2v) is 6.46. The second-order valence-electron chi connectivity index (χ2n) is 6.46. The van der Waals surface area contributed by atoms with Crippen LogP contribution in [0.25, 0.3) is 0 Å². The van der Waals surface area contributed by atoms with Gasteiger partial charge in [-0.1, -0.05) is 29.8 Å². The van der Waals surface area contributed by atoms with Gasteiger partial charge in [0, 0.05) is 20.1 Å². The molecule has 0 heterocycles. The normalized spacial score (nSPS) is 10.3. The molecule has 5 heteroatoms. The van der Waals surface area contributed by atoms with Gasteiger partial charge in [0.05, 0.1) is 14.2 Å². The van der Waals surface area contributed by atoms with Gasteiger partial charge in [-0.3, -0.25) is 0 Å². The third-order valence-electron chi connectivity index (χ3n) is 4.39. The van der Waals surface area contributed by atoms with Gasteiger partial charge in [-0.05, 0) is 49.1 Å². The lowest BCUT2D eigenvalue weighted by molar-refractivity contribution is 0.207. The largest absolute Gasteiger partial charge is 0.493 e. The van der Waals surface area contributed by atoms with Gasteiger partial charge < -0.3 is 19.7 Å². The van der Waals surface area contributed by atoms with Gasteiger partial charge in [-0.15, -0.1) is 0 Å². The zero-order valence-electron chi connectivity index (χ0n) is 16.3. The average molecular weight is 356 g/mol. The van der Waals surface area contributed by atoms with Gasteiger partial charge in [0.1, 0.15) is 0 Å². The van der Waals surface area contributed by atoms with Crippen LogP contribution >= 0.6 is 0 Å². The minimum absolute atomic E-state index is 0.0783. The molecule has 0 saturated heterocycles. The molecule has 2 rings (SSSR count). The molecule has 0 atom stereocenters. The standard InChI is InChI=1S/C21H28N2O3/c1-15-6-8-18(16(2)12-15)14-23(3)21(24)22-11-10-17-7-9-19(25-4)20(13-17)26-5/h6-9,12-13H,10-11,14H2,1-5H3,(H,22,24). The minimum Gasteiger partial charge on any atom is -0.493 e. The van der Waals surface area contributed by atoms with Gasteiger partial charge in [0.15, 0.2) is 11.5 Å². The fourth-order valence-corrected chi connectivity index (χ4v) is 2.84. The number of amides is 2. The maximum Gasteiger partial charge on any atom is 0.317 e. The van der Waals surface area contributed by atoms with Crippen LogP contribution in [0.1, 0.15) is 22.3 Å². The molecule has 5 nitrogen and oxygen atoms in total. The van der Waals surface area contributed by atoms with E-state index in [4.69, 9.17) is 9.47 Å². The number of hydrogen-bond acceptors (Lipinski definition) is 3. The zero-order chi connectivity index (χ0) is 19.1. The Balaban J connectivity index is 1.86. The Kier molecular flexibility index (Phi) is 6.89. The summed E-state index contributed by atoms with van der Waals surface area (Å²) in [5, 5.41) is 2.96. The topological polar surface area (TPSA) is 50.8 Å². The number of benzene rings is 2. The monoisotopic (exact) mass is 356 g/mol. The lowest BCUT2D eigenvalue weighted by Crippen LogP contribution is -2.37. The van der Waals surface area contributed by atoms with Crippen molar-refractivity contribution in [1.29, 1.82) is 0 Å². The molecule has 2 aromatic rings. The molecule has 140 valence electrons. The summed E-state index contributed by atoms with van der Waals surface area (Å²) in [5.74, 6) is 1.40. The molecule has 2 amide bonds. The van der Waals surface area contributed by atoms with Gasteiger partial charge >= 0.3 is 6.03 Å². The van der Waals surface area contributed by atoms with Crippen molar-refractivity contribution < 1.29 is 14.3 Å². The molecule has 0 spiro atoms. The Bertz CT molecular complexity index is 759. The first-order valence-corrected chi connectivity index (χ1v) is 8.70. The van der Waals surface area contributed by atoms with Crippen LogP contribution in [0.5, 0.6) is 11.5 Å². The number of rotatable bonds is 7. The summed E-state index contributed by atoms with van der Waals surface area (Å²) in [4.78, 5) is 14.0. The highest BCUT2D eigenvalue weighted by Gasteiger charge is 2.10. The third-order valence-corrected chi connectivity index (χ3v) is 4.39. The number of ether oxygens (including phenoxy) is 2. The van der Waals surface area contributed by atoms with Crippen molar-refractivity contribution in [2.24, 2.45) is 0 Å². The molecule has 0 radical (unpaired) electrons. The number of carbonyl (C=O) groups is 1. The Morgan fingerprint density at radius 2 is 1.77 bits per heavy atom. The molecule has 0 fully saturated rings. The predicted molar refractivity (Wildman–Crippen MR) is 104 cm³/mol. The maximum absolute atomic E-state index is 12.3. The number of nitrogens with one attached hydrogen (secondary N) is 1. The molecule has 0 unspecified atom stereocenters. The molecule has 0 saturated carbocycles. The van der Waals surface area contributed by atoms with E-state index in [9.17, 15) is 4.79 Å². The van der Waals surface area contributed by atoms with Crippen LogP contribution in [-0.4, -0.2) is 38.7 Å². The molecular formula is C21H28N2O3. The molecule has 0 aliphatic rings. The fourth-order valence-electron chi connectivity index (χ4n) is 2.84. The molecule has 26 heavy (non-hydrogen) atoms. The van der Waals surface area contributed by atoms with E-state index in [0.717, 1.165) is 17.5 Å². The second kappa shape index (κ2) is 9.13. The highest BCUT2D eigenvalue weighted by atomic mass is 16.5. The Hall–Kier alpha value is -2.69. The fraction of sp³-hybridized carbons (Fsp3) is 0.381. The Morgan fingerprint density at radius 1 is 1.04 bits per heavy atom. The molecule has 2 aromatic carbocycles. The molecular weight excluding hydrogens is 328 g/mol. The van der Waals surface area contributed by atoms with Crippen molar-refractivity contribution in [3.8, 4) is 11.5 Å². The lowest BCUT2D eigenvalue weighted by Gasteiger charge is -2.19. The summed E-state index contributed by atoms with van der Waals surface area (Å²) < 4.78 is 10.5. The summed E-state index contributed by atoms with van der Waals surface area (Å²) in [6.45, 7) is 5.30. The SMILES string of the molecule is COc1ccc(CCNC(=O)N(C)Cc2ccc(C)cc2C)cc1OC. The van der Waals surface area contributed by atoms with Crippen molar-refractivity contribution in [2.75, 3.05) is 27.8 Å². The number of hydrogen-bond donors (Lipinski definition) is 1. The lowest BCUT2D eigenvalue weighted by atomic mass is 10.1. The predicted octanol–water partition coefficient (Wildman–Crippen LogP) is 3.70. The van der Waals surface area contributed by atoms with E-state index in [1.807, 2.05) is 25.2 Å². The molecule has 1 N–H and O–H groups in total. The van der Waals surface area contributed by atoms with Gasteiger partial charge in [-0.2, -0.15) is 0 Å². The van der Waals surface area contributed by atoms with E-state index in [-0.39, 0.29) is 6.03 Å². The van der Waals surface area contributed by atoms with E-state index in [1.54, 1.807) is 19.1 Å². The number of aryl methyl sites for hydroxylation is 2. The van der Waals surface area contributed by atoms with E-state index in [1.165, 1.54) is 11.1 Å². The van der Waals surface area contributed by atoms with Gasteiger partial charge in [0.25, 0.3) is 0 Å². The summed E-state index contributed by atoms with van der Waals surface area (Å²) in [5.41, 5.74) is 4.68. The summed E-state index contributed by atoms with van der Waals surface area (Å²) >= 11 is 0. The van der Waals surface area contributed by atoms with Gasteiger partial charge in [-0.25, -0.2) is 4.79 Å². The summed E-state index contributed by atoms with van der Waals surface area (Å²) in [6.07, 6.45) is 0.726. The van der Waals surface area contributed by atoms with Crippen LogP contribution in [0.2, 0.25) is 0 Å². The highest BCUT2D eigenvalue weighted by molar-refractivity contribution is 5.73. The number of urea groups is 1. The number of carbonyl (C=O) groups excluding carboxylic acids is 1. The molecule has 0 bridgehead atoms. The van der Waals surface area contributed by atoms with Crippen LogP contribution in [0, 0.1) is 13.8 Å². The van der Waals surface area contributed by atoms with Crippen LogP contribution in [0.4, 0.5) is 4.79 Å². The van der Waals surface area contributed by atoms with E-state index < -0.39 is 0 Å². The van der Waals surface area contributed by atoms with Crippen LogP contribution < -0.4 is 14.8 Å². The Morgan fingerprint density at radius 3 is 2.42 bits per heavy atom. The highest BCUT2D eigenvalue weighted by Crippen LogP contribution is 2.27. The first kappa shape index (κ1) is 19.6. The van der Waals surface area contributed by atoms with Crippen molar-refractivity contribution in [2.45, 2.75) is 26.8 Å². The maximum atomic E-state index is 12.3. The molecule has 0 aliphatic heterocycles. The summed E-state index contributed by atoms with van der Waals surface area (Å²) in [7, 11) is 5.04. The van der Waals surface area contributed by atoms with Crippen LogP contribution in [-0.2, 0) is 13.0 Å². The quantitative estimate of drug-likeness (QED) is 0.823. The smallest absolute Gasteiger partial charge is 0.317 e. The number of nitrogens with zero attached hydrogens (tertiary/aromatic N) is 1. The molecule has 0 aromatic heterocycles. The van der Waals surface area contributed by atoms with Crippen molar-refractivity contribution >= 4 is 6.03 Å². The van der Waals surface area contributed by atoms with E-state index in [0.29, 0.717) is 24.6 Å². The first-order valence-electron chi connectivity index (χ1n) is 8.70. The minimum atomic E-state index is -0.0783. The number of methoxy groups -OCH3 is 2. The molecule has 0 aliphatic carbocycles. The summed E-state index contributed by atoms with van der Waals surface area (Å²) in [6, 6.07) is 12.0. The van der Waals surface area contributed by atoms with Crippen molar-refractivity contribution in [1.82, 2.24) is 10.2 Å². The van der Waals surface area contributed by atoms with Crippen LogP contribution in [0.15, 0.2) is 36.4 Å². The van der Waals surface area contributed by atoms with Crippen molar-refractivity contribution in [3.63, 3.8) is 0 Å². The Labute approximate surface area is 155 Å². The average Bonchev–Trinajstić information content (AvgIpc) is 2.63. The van der Waals surface area contributed by atoms with Crippen molar-refractivity contribution in [3.05, 3.63) is 58.7 Å². The van der Waals surface area contributed by atoms with E-state index >= 15 is 0 Å². The van der Waals surface area contributed by atoms with E-state index in [2.05, 4.69) is 37.4 Å². The van der Waals surface area contributed by atoms with Crippen LogP contribution in [0.3, 0.4) is 0 Å². The van der Waals surface area contributed by atoms with Gasteiger partial charge in [0.2, 0.25) is 0 Å². The zero-order valence-corrected chi connectivity index (χ0v) is 16.3. The first-order chi connectivity index (χ1) is 12.4. The third kappa shape index (κ3) is 5.15.